The van der Waals surface area contributed by atoms with Gasteiger partial charge in [0.2, 0.25) is 0 Å². The number of thioether (sulfide) groups is 1. The molecule has 0 radical (unpaired) electrons. The minimum atomic E-state index is 0.641. The fraction of sp³-hybridized carbons (Fsp3) is 0.643. The van der Waals surface area contributed by atoms with E-state index in [1.54, 1.807) is 18.0 Å². The molecule has 0 saturated carbocycles. The molecule has 0 bridgehead atoms. The minimum absolute atomic E-state index is 0.641. The number of amidine groups is 1. The van der Waals surface area contributed by atoms with Crippen LogP contribution in [0.5, 0.6) is 0 Å². The fourth-order valence-electron chi connectivity index (χ4n) is 2.66. The van der Waals surface area contributed by atoms with Crippen LogP contribution in [-0.4, -0.2) is 29.4 Å². The molecule has 0 aliphatic carbocycles. The molecule has 18 heavy (non-hydrogen) atoms. The number of piperidine rings is 1. The number of hydrogen-bond donors (Lipinski definition) is 0. The summed E-state index contributed by atoms with van der Waals surface area (Å²) in [5, 5.41) is 1.14. The maximum Gasteiger partial charge on any atom is 0.159 e. The predicted molar refractivity (Wildman–Crippen MR) is 77.9 cm³/mol. The highest BCUT2D eigenvalue weighted by Crippen LogP contribution is 2.23. The Hall–Kier alpha value is -0.900. The topological polar surface area (TPSA) is 28.7 Å². The number of aliphatic imine (C=N–C) groups is 1. The van der Waals surface area contributed by atoms with Crippen LogP contribution in [0.25, 0.3) is 0 Å². The van der Waals surface area contributed by atoms with Gasteiger partial charge in [-0.2, -0.15) is 0 Å². The molecule has 1 aliphatic heterocycles. The second-order valence-corrected chi connectivity index (χ2v) is 6.01. The maximum atomic E-state index is 5.32. The maximum absolute atomic E-state index is 5.32. The van der Waals surface area contributed by atoms with Crippen molar-refractivity contribution < 1.29 is 4.42 Å². The third-order valence-electron chi connectivity index (χ3n) is 3.27. The van der Waals surface area contributed by atoms with Gasteiger partial charge in [0, 0.05) is 13.1 Å². The minimum Gasteiger partial charge on any atom is -0.467 e. The van der Waals surface area contributed by atoms with E-state index in [9.17, 15) is 0 Å². The zero-order valence-corrected chi connectivity index (χ0v) is 12.2. The van der Waals surface area contributed by atoms with E-state index in [0.29, 0.717) is 6.54 Å². The summed E-state index contributed by atoms with van der Waals surface area (Å²) in [7, 11) is 0. The van der Waals surface area contributed by atoms with E-state index < -0.39 is 0 Å². The van der Waals surface area contributed by atoms with Gasteiger partial charge < -0.3 is 9.32 Å². The van der Waals surface area contributed by atoms with Crippen LogP contribution in [0.3, 0.4) is 0 Å². The normalized spacial score (nSPS) is 25.5. The van der Waals surface area contributed by atoms with E-state index in [2.05, 4.69) is 30.0 Å². The van der Waals surface area contributed by atoms with E-state index in [1.165, 1.54) is 6.42 Å². The van der Waals surface area contributed by atoms with Gasteiger partial charge in [-0.25, -0.2) is 0 Å². The lowest BCUT2D eigenvalue weighted by Crippen LogP contribution is -2.41. The lowest BCUT2D eigenvalue weighted by atomic mass is 9.92. The second-order valence-electron chi connectivity index (χ2n) is 5.23. The van der Waals surface area contributed by atoms with Crippen molar-refractivity contribution in [3.63, 3.8) is 0 Å². The van der Waals surface area contributed by atoms with Gasteiger partial charge in [0.15, 0.2) is 5.17 Å². The summed E-state index contributed by atoms with van der Waals surface area (Å²) in [6.07, 6.45) is 5.13. The zero-order valence-electron chi connectivity index (χ0n) is 11.4. The van der Waals surface area contributed by atoms with Crippen molar-refractivity contribution in [3.8, 4) is 0 Å². The van der Waals surface area contributed by atoms with Gasteiger partial charge >= 0.3 is 0 Å². The Morgan fingerprint density at radius 2 is 2.17 bits per heavy atom. The first kappa shape index (κ1) is 13.5. The Morgan fingerprint density at radius 1 is 1.44 bits per heavy atom. The van der Waals surface area contributed by atoms with Crippen LogP contribution in [0.4, 0.5) is 0 Å². The number of hydrogen-bond acceptors (Lipinski definition) is 3. The van der Waals surface area contributed by atoms with Crippen molar-refractivity contribution in [3.05, 3.63) is 24.2 Å². The molecule has 2 heterocycles. The average molecular weight is 266 g/mol. The lowest BCUT2D eigenvalue weighted by molar-refractivity contribution is 0.216. The Bertz CT molecular complexity index is 379. The Labute approximate surface area is 114 Å². The summed E-state index contributed by atoms with van der Waals surface area (Å²) in [5.41, 5.74) is 0. The van der Waals surface area contributed by atoms with E-state index in [-0.39, 0.29) is 0 Å². The average Bonchev–Trinajstić information content (AvgIpc) is 2.81. The van der Waals surface area contributed by atoms with E-state index in [4.69, 9.17) is 4.42 Å². The molecular weight excluding hydrogens is 244 g/mol. The Morgan fingerprint density at radius 3 is 2.72 bits per heavy atom. The number of nitrogens with zero attached hydrogens (tertiary/aromatic N) is 2. The molecular formula is C14H22N2OS. The van der Waals surface area contributed by atoms with Crippen LogP contribution >= 0.6 is 11.8 Å². The summed E-state index contributed by atoms with van der Waals surface area (Å²) in [6.45, 7) is 7.55. The molecule has 0 amide bonds. The fourth-order valence-corrected chi connectivity index (χ4v) is 3.26. The van der Waals surface area contributed by atoms with Gasteiger partial charge in [0.05, 0.1) is 12.8 Å². The van der Waals surface area contributed by atoms with Gasteiger partial charge in [0.1, 0.15) is 5.76 Å². The van der Waals surface area contributed by atoms with Crippen molar-refractivity contribution in [2.24, 2.45) is 16.8 Å². The first-order chi connectivity index (χ1) is 8.69. The van der Waals surface area contributed by atoms with Crippen LogP contribution in [-0.2, 0) is 6.54 Å². The van der Waals surface area contributed by atoms with Crippen molar-refractivity contribution in [2.75, 3.05) is 19.3 Å². The molecule has 0 N–H and O–H groups in total. The number of rotatable bonds is 2. The third-order valence-corrected chi connectivity index (χ3v) is 4.02. The van der Waals surface area contributed by atoms with Crippen LogP contribution in [0.15, 0.2) is 27.8 Å². The highest BCUT2D eigenvalue weighted by Gasteiger charge is 2.23. The summed E-state index contributed by atoms with van der Waals surface area (Å²) in [5.74, 6) is 2.45. The smallest absolute Gasteiger partial charge is 0.159 e. The van der Waals surface area contributed by atoms with E-state index in [0.717, 1.165) is 35.9 Å². The molecule has 1 aromatic rings. The quantitative estimate of drug-likeness (QED) is 0.606. The molecule has 1 aromatic heterocycles. The van der Waals surface area contributed by atoms with Gasteiger partial charge in [0.25, 0.3) is 0 Å². The molecule has 1 saturated heterocycles. The van der Waals surface area contributed by atoms with Gasteiger partial charge in [-0.1, -0.05) is 25.6 Å². The van der Waals surface area contributed by atoms with Gasteiger partial charge in [-0.3, -0.25) is 4.99 Å². The van der Waals surface area contributed by atoms with E-state index >= 15 is 0 Å². The highest BCUT2D eigenvalue weighted by molar-refractivity contribution is 8.13. The molecule has 2 atom stereocenters. The SMILES string of the molecule is CSC(=NCc1ccco1)N1C[C@H](C)C[C@@H](C)C1. The lowest BCUT2D eigenvalue weighted by Gasteiger charge is -2.36. The zero-order chi connectivity index (χ0) is 13.0. The molecule has 0 spiro atoms. The van der Waals surface area contributed by atoms with Gasteiger partial charge in [-0.15, -0.1) is 0 Å². The third kappa shape index (κ3) is 3.55. The summed E-state index contributed by atoms with van der Waals surface area (Å²) >= 11 is 1.74. The van der Waals surface area contributed by atoms with E-state index in [1.807, 2.05) is 12.1 Å². The van der Waals surface area contributed by atoms with Crippen molar-refractivity contribution in [1.29, 1.82) is 0 Å². The Balaban J connectivity index is 2.00. The summed E-state index contributed by atoms with van der Waals surface area (Å²) < 4.78 is 5.32. The highest BCUT2D eigenvalue weighted by atomic mass is 32.2. The largest absolute Gasteiger partial charge is 0.467 e. The standard InChI is InChI=1S/C14H22N2OS/c1-11-7-12(2)10-16(9-11)14(18-3)15-8-13-5-4-6-17-13/h4-6,11-12H,7-10H2,1-3H3/t11-,12-/m1/s1. The molecule has 1 fully saturated rings. The first-order valence-corrected chi connectivity index (χ1v) is 7.77. The second kappa shape index (κ2) is 6.32. The summed E-state index contributed by atoms with van der Waals surface area (Å²) in [4.78, 5) is 7.11. The van der Waals surface area contributed by atoms with Crippen molar-refractivity contribution in [1.82, 2.24) is 4.90 Å². The van der Waals surface area contributed by atoms with Crippen molar-refractivity contribution in [2.45, 2.75) is 26.8 Å². The van der Waals surface area contributed by atoms with Gasteiger partial charge in [-0.05, 0) is 36.6 Å². The molecule has 0 unspecified atom stereocenters. The molecule has 3 nitrogen and oxygen atoms in total. The van der Waals surface area contributed by atoms with Crippen LogP contribution < -0.4 is 0 Å². The first-order valence-electron chi connectivity index (χ1n) is 6.54. The predicted octanol–water partition coefficient (Wildman–Crippen LogP) is 3.48. The van der Waals surface area contributed by atoms with Crippen LogP contribution in [0, 0.1) is 11.8 Å². The molecule has 0 aromatic carbocycles. The van der Waals surface area contributed by atoms with Crippen LogP contribution in [0.1, 0.15) is 26.0 Å². The molecule has 100 valence electrons. The summed E-state index contributed by atoms with van der Waals surface area (Å²) in [6, 6.07) is 3.89. The van der Waals surface area contributed by atoms with Crippen LogP contribution in [0.2, 0.25) is 0 Å². The monoisotopic (exact) mass is 266 g/mol. The number of likely N-dealkylation sites (tertiary alicyclic amines) is 1. The Kier molecular flexibility index (Phi) is 4.75. The molecule has 1 aliphatic rings. The molecule has 2 rings (SSSR count). The van der Waals surface area contributed by atoms with Crippen molar-refractivity contribution >= 4 is 16.9 Å². The molecule has 4 heteroatoms. The number of furan rings is 1.